The number of alkyl halides is 3. The van der Waals surface area contributed by atoms with E-state index in [9.17, 15) is 26.7 Å². The number of pyridine rings is 1. The van der Waals surface area contributed by atoms with E-state index in [1.165, 1.54) is 22.9 Å². The molecule has 0 atom stereocenters. The number of aromatic nitrogens is 2. The molecule has 2 aromatic heterocycles. The Balaban J connectivity index is 1.45. The second-order valence-corrected chi connectivity index (χ2v) is 9.58. The van der Waals surface area contributed by atoms with Crippen molar-refractivity contribution in [2.24, 2.45) is 0 Å². The maximum Gasteiger partial charge on any atom is 0.573 e. The Kier molecular flexibility index (Phi) is 7.77. The molecule has 0 saturated heterocycles. The van der Waals surface area contributed by atoms with Gasteiger partial charge >= 0.3 is 12.4 Å². The number of carbonyl (C=O) groups excluding carboxylic acids is 1. The minimum Gasteiger partial charge on any atom is -0.403 e. The van der Waals surface area contributed by atoms with Crippen LogP contribution >= 0.6 is 11.6 Å². The van der Waals surface area contributed by atoms with Gasteiger partial charge in [-0.15, -0.1) is 13.2 Å². The van der Waals surface area contributed by atoms with Crippen LogP contribution in [0.5, 0.6) is 5.75 Å². The van der Waals surface area contributed by atoms with Crippen molar-refractivity contribution in [2.45, 2.75) is 25.9 Å². The van der Waals surface area contributed by atoms with Gasteiger partial charge in [0, 0.05) is 55.9 Å². The SMILES string of the molecule is O=C(NCc1ccnc(Cl)c1)n1c2c(c3cc(F)c(OC(F)(F)F)cc31)CN(CC=Cc1ccc(F)cc1)CC2. The lowest BCUT2D eigenvalue weighted by atomic mass is 10.0. The Morgan fingerprint density at radius 1 is 1.12 bits per heavy atom. The van der Waals surface area contributed by atoms with Gasteiger partial charge < -0.3 is 10.1 Å². The second-order valence-electron chi connectivity index (χ2n) is 9.19. The molecule has 0 saturated carbocycles. The molecule has 0 bridgehead atoms. The number of hydrogen-bond acceptors (Lipinski definition) is 4. The molecule has 0 radical (unpaired) electrons. The van der Waals surface area contributed by atoms with Gasteiger partial charge in [0.15, 0.2) is 11.6 Å². The number of nitrogens with one attached hydrogen (secondary N) is 1. The van der Waals surface area contributed by atoms with E-state index in [0.29, 0.717) is 48.3 Å². The van der Waals surface area contributed by atoms with Crippen molar-refractivity contribution < 1.29 is 31.5 Å². The highest BCUT2D eigenvalue weighted by atomic mass is 35.5. The van der Waals surface area contributed by atoms with Gasteiger partial charge in [0.2, 0.25) is 0 Å². The third-order valence-electron chi connectivity index (χ3n) is 6.49. The molecule has 1 aliphatic heterocycles. The molecule has 0 aliphatic carbocycles. The van der Waals surface area contributed by atoms with E-state index in [1.54, 1.807) is 24.3 Å². The summed E-state index contributed by atoms with van der Waals surface area (Å²) in [6.45, 7) is 1.47. The molecule has 208 valence electrons. The summed E-state index contributed by atoms with van der Waals surface area (Å²) in [6.07, 6.45) is 0.513. The van der Waals surface area contributed by atoms with Gasteiger partial charge in [-0.3, -0.25) is 9.47 Å². The zero-order valence-corrected chi connectivity index (χ0v) is 21.6. The van der Waals surface area contributed by atoms with E-state index < -0.39 is 24.0 Å². The molecule has 3 heterocycles. The molecule has 12 heteroatoms. The van der Waals surface area contributed by atoms with Crippen molar-refractivity contribution in [3.05, 3.63) is 100.0 Å². The lowest BCUT2D eigenvalue weighted by Crippen LogP contribution is -2.34. The van der Waals surface area contributed by atoms with Crippen molar-refractivity contribution >= 4 is 34.6 Å². The predicted octanol–water partition coefficient (Wildman–Crippen LogP) is 6.70. The lowest BCUT2D eigenvalue weighted by molar-refractivity contribution is -0.275. The number of amides is 1. The Labute approximate surface area is 230 Å². The normalized spacial score (nSPS) is 14.1. The van der Waals surface area contributed by atoms with Crippen LogP contribution in [0, 0.1) is 11.6 Å². The summed E-state index contributed by atoms with van der Waals surface area (Å²) in [5, 5.41) is 3.31. The molecular formula is C28H22ClF5N4O2. The average Bonchev–Trinajstić information content (AvgIpc) is 3.20. The number of rotatable bonds is 6. The van der Waals surface area contributed by atoms with Gasteiger partial charge in [0.1, 0.15) is 11.0 Å². The highest BCUT2D eigenvalue weighted by Crippen LogP contribution is 2.36. The van der Waals surface area contributed by atoms with Crippen LogP contribution in [0.25, 0.3) is 17.0 Å². The monoisotopic (exact) mass is 576 g/mol. The molecule has 6 nitrogen and oxygen atoms in total. The molecule has 2 aromatic carbocycles. The fourth-order valence-electron chi connectivity index (χ4n) is 4.72. The standard InChI is InChI=1S/C28H22ClF5N4O2/c29-26-12-18(7-9-35-26)15-36-27(39)38-23-8-11-37(10-1-2-17-3-5-19(30)6-4-17)16-21(23)20-13-22(31)25(14-24(20)38)40-28(32,33)34/h1-7,9,12-14H,8,10-11,15-16H2,(H,36,39). The van der Waals surface area contributed by atoms with Gasteiger partial charge in [-0.05, 0) is 47.0 Å². The molecule has 0 unspecified atom stereocenters. The van der Waals surface area contributed by atoms with Crippen LogP contribution in [0.4, 0.5) is 26.7 Å². The number of hydrogen-bond donors (Lipinski definition) is 1. The van der Waals surface area contributed by atoms with E-state index >= 15 is 0 Å². The van der Waals surface area contributed by atoms with E-state index in [-0.39, 0.29) is 23.0 Å². The van der Waals surface area contributed by atoms with Gasteiger partial charge in [0.25, 0.3) is 0 Å². The summed E-state index contributed by atoms with van der Waals surface area (Å²) in [6, 6.07) is 10.5. The van der Waals surface area contributed by atoms with Crippen molar-refractivity contribution in [3.63, 3.8) is 0 Å². The van der Waals surface area contributed by atoms with E-state index in [1.807, 2.05) is 12.2 Å². The largest absolute Gasteiger partial charge is 0.573 e. The number of carbonyl (C=O) groups is 1. The minimum atomic E-state index is -5.11. The molecule has 1 amide bonds. The maximum atomic E-state index is 14.7. The summed E-state index contributed by atoms with van der Waals surface area (Å²) in [5.74, 6) is -2.55. The van der Waals surface area contributed by atoms with Crippen LogP contribution in [0.2, 0.25) is 5.15 Å². The Morgan fingerprint density at radius 3 is 2.62 bits per heavy atom. The second kappa shape index (κ2) is 11.3. The van der Waals surface area contributed by atoms with Crippen molar-refractivity contribution in [1.29, 1.82) is 0 Å². The quantitative estimate of drug-likeness (QED) is 0.205. The number of halogens is 6. The van der Waals surface area contributed by atoms with Crippen LogP contribution in [0.15, 0.2) is 60.8 Å². The van der Waals surface area contributed by atoms with Crippen LogP contribution in [0.3, 0.4) is 0 Å². The zero-order valence-electron chi connectivity index (χ0n) is 20.8. The van der Waals surface area contributed by atoms with Gasteiger partial charge in [-0.1, -0.05) is 35.9 Å². The van der Waals surface area contributed by atoms with E-state index in [0.717, 1.165) is 17.7 Å². The first-order valence-electron chi connectivity index (χ1n) is 12.2. The summed E-state index contributed by atoms with van der Waals surface area (Å²) in [5.41, 5.74) is 2.80. The summed E-state index contributed by atoms with van der Waals surface area (Å²) < 4.78 is 71.9. The first kappa shape index (κ1) is 27.6. The van der Waals surface area contributed by atoms with Crippen molar-refractivity contribution in [2.75, 3.05) is 13.1 Å². The Hall–Kier alpha value is -3.96. The highest BCUT2D eigenvalue weighted by molar-refractivity contribution is 6.29. The van der Waals surface area contributed by atoms with Gasteiger partial charge in [-0.25, -0.2) is 18.6 Å². The van der Waals surface area contributed by atoms with E-state index in [2.05, 4.69) is 19.9 Å². The fraction of sp³-hybridized carbons (Fsp3) is 0.214. The smallest absolute Gasteiger partial charge is 0.403 e. The summed E-state index contributed by atoms with van der Waals surface area (Å²) in [4.78, 5) is 19.3. The van der Waals surface area contributed by atoms with Crippen LogP contribution in [-0.2, 0) is 19.5 Å². The highest BCUT2D eigenvalue weighted by Gasteiger charge is 2.34. The Morgan fingerprint density at radius 2 is 1.90 bits per heavy atom. The van der Waals surface area contributed by atoms with Crippen LogP contribution < -0.4 is 10.1 Å². The molecular weight excluding hydrogens is 555 g/mol. The first-order valence-corrected chi connectivity index (χ1v) is 12.6. The molecule has 4 aromatic rings. The predicted molar refractivity (Wildman–Crippen MR) is 140 cm³/mol. The zero-order chi connectivity index (χ0) is 28.4. The molecule has 40 heavy (non-hydrogen) atoms. The molecule has 1 aliphatic rings. The number of fused-ring (bicyclic) bond motifs is 3. The van der Waals surface area contributed by atoms with Crippen molar-refractivity contribution in [3.8, 4) is 5.75 Å². The topological polar surface area (TPSA) is 59.4 Å². The molecule has 0 fully saturated rings. The average molecular weight is 577 g/mol. The lowest BCUT2D eigenvalue weighted by Gasteiger charge is -2.27. The van der Waals surface area contributed by atoms with Gasteiger partial charge in [-0.2, -0.15) is 0 Å². The van der Waals surface area contributed by atoms with E-state index in [4.69, 9.17) is 11.6 Å². The fourth-order valence-corrected chi connectivity index (χ4v) is 4.92. The number of benzene rings is 2. The number of ether oxygens (including phenoxy) is 1. The van der Waals surface area contributed by atoms with Gasteiger partial charge in [0.05, 0.1) is 5.52 Å². The first-order chi connectivity index (χ1) is 19.1. The molecule has 5 rings (SSSR count). The summed E-state index contributed by atoms with van der Waals surface area (Å²) in [7, 11) is 0. The maximum absolute atomic E-state index is 14.7. The van der Waals surface area contributed by atoms with Crippen molar-refractivity contribution in [1.82, 2.24) is 19.8 Å². The number of nitrogens with zero attached hydrogens (tertiary/aromatic N) is 3. The summed E-state index contributed by atoms with van der Waals surface area (Å²) >= 11 is 5.91. The molecule has 1 N–H and O–H groups in total. The third kappa shape index (κ3) is 6.26. The third-order valence-corrected chi connectivity index (χ3v) is 6.70. The van der Waals surface area contributed by atoms with Crippen LogP contribution in [-0.4, -0.2) is 39.9 Å². The molecule has 0 spiro atoms. The minimum absolute atomic E-state index is 0.0862. The Bertz CT molecular complexity index is 1580. The van der Waals surface area contributed by atoms with Crippen LogP contribution in [0.1, 0.15) is 22.4 Å².